The van der Waals surface area contributed by atoms with Crippen LogP contribution >= 0.6 is 34.9 Å². The molecule has 2 N–H and O–H groups in total. The second kappa shape index (κ2) is 15.5. The summed E-state index contributed by atoms with van der Waals surface area (Å²) in [5, 5.41) is 12.8. The van der Waals surface area contributed by atoms with Crippen molar-refractivity contribution in [2.24, 2.45) is 10.2 Å². The highest BCUT2D eigenvalue weighted by Gasteiger charge is 2.19. The maximum atomic E-state index is 13.1. The van der Waals surface area contributed by atoms with Gasteiger partial charge in [-0.05, 0) is 83.3 Å². The highest BCUT2D eigenvalue weighted by Crippen LogP contribution is 2.38. The molecule has 4 aromatic carbocycles. The molecule has 5 rings (SSSR count). The summed E-state index contributed by atoms with van der Waals surface area (Å²) in [5.41, 5.74) is 8.85. The summed E-state index contributed by atoms with van der Waals surface area (Å²) in [4.78, 5) is 26.1. The van der Waals surface area contributed by atoms with E-state index in [0.717, 1.165) is 63.7 Å². The van der Waals surface area contributed by atoms with E-state index < -0.39 is 11.8 Å². The maximum Gasteiger partial charge on any atom is 0.247 e. The van der Waals surface area contributed by atoms with Crippen molar-refractivity contribution in [1.29, 1.82) is 0 Å². The summed E-state index contributed by atoms with van der Waals surface area (Å²) in [6.07, 6.45) is 7.28. The van der Waals surface area contributed by atoms with Crippen molar-refractivity contribution in [1.82, 2.24) is 10.9 Å². The number of hydrogen-bond acceptors (Lipinski definition) is 9. The topological polar surface area (TPSA) is 101 Å². The molecule has 47 heavy (non-hydrogen) atoms. The fraction of sp³-hybridized carbons (Fsp3) is 0.222. The summed E-state index contributed by atoms with van der Waals surface area (Å²) in [6.45, 7) is 3.71. The Kier molecular flexibility index (Phi) is 11.2. The molecule has 0 spiro atoms. The molecule has 2 amide bonds. The quantitative estimate of drug-likeness (QED) is 0.0784. The Balaban J connectivity index is 1.27. The van der Waals surface area contributed by atoms with Gasteiger partial charge in [-0.1, -0.05) is 48.5 Å². The van der Waals surface area contributed by atoms with E-state index in [2.05, 4.69) is 21.1 Å². The first kappa shape index (κ1) is 34.0. The minimum absolute atomic E-state index is 0.218. The van der Waals surface area contributed by atoms with Crippen molar-refractivity contribution < 1.29 is 19.1 Å². The van der Waals surface area contributed by atoms with Crippen LogP contribution in [0, 0.1) is 0 Å². The van der Waals surface area contributed by atoms with Crippen LogP contribution in [0.1, 0.15) is 47.9 Å². The standard InChI is InChI=1S/C36H36N4O4S3/c1-21(23-7-9-27-17-29(43-3)13-11-25(27)15-23)33(41)39-37-19-31-32(36(46-6)47-35(31)45-5)20-38-40-34(42)22(2)24-8-10-28-18-30(44-4)14-12-26(28)16-24/h7-22H,1-6H3,(H,39,41)(H,40,42)/b37-19+,38-20+. The fourth-order valence-corrected chi connectivity index (χ4v) is 7.86. The van der Waals surface area contributed by atoms with Gasteiger partial charge in [0.25, 0.3) is 0 Å². The van der Waals surface area contributed by atoms with Gasteiger partial charge in [0, 0.05) is 11.1 Å². The van der Waals surface area contributed by atoms with Crippen molar-refractivity contribution in [3.05, 3.63) is 95.1 Å². The van der Waals surface area contributed by atoms with Crippen molar-refractivity contribution in [3.63, 3.8) is 0 Å². The minimum atomic E-state index is -0.411. The molecule has 0 saturated heterocycles. The number of thioether (sulfide) groups is 2. The first-order valence-electron chi connectivity index (χ1n) is 14.8. The molecular formula is C36H36N4O4S3. The number of amides is 2. The zero-order valence-corrected chi connectivity index (χ0v) is 29.4. The molecule has 0 aliphatic rings. The Morgan fingerprint density at radius 3 is 1.43 bits per heavy atom. The minimum Gasteiger partial charge on any atom is -0.497 e. The van der Waals surface area contributed by atoms with Gasteiger partial charge in [-0.3, -0.25) is 9.59 Å². The zero-order chi connectivity index (χ0) is 33.5. The number of nitrogens with zero attached hydrogens (tertiary/aromatic N) is 2. The highest BCUT2D eigenvalue weighted by atomic mass is 32.2. The fourth-order valence-electron chi connectivity index (χ4n) is 5.06. The van der Waals surface area contributed by atoms with E-state index in [-0.39, 0.29) is 11.8 Å². The second-order valence-corrected chi connectivity index (χ2v) is 13.9. The molecule has 0 aliphatic heterocycles. The zero-order valence-electron chi connectivity index (χ0n) is 27.0. The molecule has 11 heteroatoms. The Bertz CT molecular complexity index is 1850. The monoisotopic (exact) mass is 684 g/mol. The number of rotatable bonds is 12. The second-order valence-electron chi connectivity index (χ2n) is 10.8. The lowest BCUT2D eigenvalue weighted by Gasteiger charge is -2.12. The lowest BCUT2D eigenvalue weighted by molar-refractivity contribution is -0.122. The van der Waals surface area contributed by atoms with Gasteiger partial charge in [-0.15, -0.1) is 34.9 Å². The third-order valence-electron chi connectivity index (χ3n) is 7.95. The molecule has 2 unspecified atom stereocenters. The van der Waals surface area contributed by atoms with Crippen LogP contribution in [0.4, 0.5) is 0 Å². The summed E-state index contributed by atoms with van der Waals surface area (Å²) in [5.74, 6) is 0.321. The van der Waals surface area contributed by atoms with Gasteiger partial charge in [0.1, 0.15) is 11.5 Å². The molecule has 0 bridgehead atoms. The summed E-state index contributed by atoms with van der Waals surface area (Å²) in [7, 11) is 3.28. The first-order valence-corrected chi connectivity index (χ1v) is 18.1. The molecule has 5 aromatic rings. The molecule has 242 valence electrons. The molecule has 2 atom stereocenters. The molecule has 0 fully saturated rings. The number of thiophene rings is 1. The molecule has 1 heterocycles. The number of carbonyl (C=O) groups excluding carboxylic acids is 2. The maximum absolute atomic E-state index is 13.1. The number of fused-ring (bicyclic) bond motifs is 2. The molecule has 0 aliphatic carbocycles. The molecule has 8 nitrogen and oxygen atoms in total. The van der Waals surface area contributed by atoms with E-state index in [1.165, 1.54) is 0 Å². The number of ether oxygens (including phenoxy) is 2. The van der Waals surface area contributed by atoms with E-state index in [1.54, 1.807) is 61.5 Å². The van der Waals surface area contributed by atoms with Crippen LogP contribution in [0.25, 0.3) is 21.5 Å². The number of hydrogen-bond donors (Lipinski definition) is 2. The van der Waals surface area contributed by atoms with Gasteiger partial charge >= 0.3 is 0 Å². The van der Waals surface area contributed by atoms with Gasteiger partial charge in [0.15, 0.2) is 0 Å². The Hall–Kier alpha value is -4.32. The van der Waals surface area contributed by atoms with Crippen molar-refractivity contribution in [2.75, 3.05) is 26.7 Å². The average Bonchev–Trinajstić information content (AvgIpc) is 3.45. The van der Waals surface area contributed by atoms with E-state index in [1.807, 2.05) is 99.2 Å². The Morgan fingerprint density at radius 1 is 0.660 bits per heavy atom. The summed E-state index contributed by atoms with van der Waals surface area (Å²) >= 11 is 4.80. The molecular weight excluding hydrogens is 649 g/mol. The largest absolute Gasteiger partial charge is 0.497 e. The van der Waals surface area contributed by atoms with Crippen LogP contribution in [0.5, 0.6) is 11.5 Å². The van der Waals surface area contributed by atoms with Crippen molar-refractivity contribution >= 4 is 80.6 Å². The number of hydrazone groups is 2. The molecule has 0 saturated carbocycles. The van der Waals surface area contributed by atoms with Crippen LogP contribution < -0.4 is 20.3 Å². The number of methoxy groups -OCH3 is 2. The average molecular weight is 685 g/mol. The van der Waals surface area contributed by atoms with Crippen molar-refractivity contribution in [2.45, 2.75) is 34.1 Å². The predicted octanol–water partition coefficient (Wildman–Crippen LogP) is 8.02. The Morgan fingerprint density at radius 2 is 1.04 bits per heavy atom. The number of carbonyl (C=O) groups is 2. The van der Waals surface area contributed by atoms with Crippen LogP contribution in [0.15, 0.2) is 91.4 Å². The third kappa shape index (κ3) is 7.81. The normalized spacial score (nSPS) is 12.9. The summed E-state index contributed by atoms with van der Waals surface area (Å²) < 4.78 is 12.7. The Labute approximate surface area is 287 Å². The van der Waals surface area contributed by atoms with E-state index in [4.69, 9.17) is 9.47 Å². The third-order valence-corrected chi connectivity index (χ3v) is 11.4. The van der Waals surface area contributed by atoms with Gasteiger partial charge in [0.2, 0.25) is 11.8 Å². The highest BCUT2D eigenvalue weighted by molar-refractivity contribution is 8.02. The molecule has 0 radical (unpaired) electrons. The predicted molar refractivity (Wildman–Crippen MR) is 197 cm³/mol. The van der Waals surface area contributed by atoms with Gasteiger partial charge in [-0.25, -0.2) is 10.9 Å². The SMILES string of the molecule is COc1ccc2cc(C(C)C(=O)N/N=C/c3c(SC)sc(SC)c3/C=N/NC(=O)C(C)c3ccc4cc(OC)ccc4c3)ccc2c1. The van der Waals surface area contributed by atoms with E-state index >= 15 is 0 Å². The smallest absolute Gasteiger partial charge is 0.247 e. The summed E-state index contributed by atoms with van der Waals surface area (Å²) in [6, 6.07) is 23.6. The van der Waals surface area contributed by atoms with E-state index in [9.17, 15) is 9.59 Å². The lowest BCUT2D eigenvalue weighted by atomic mass is 9.97. The molecule has 1 aromatic heterocycles. The van der Waals surface area contributed by atoms with Crippen LogP contribution in [-0.2, 0) is 9.59 Å². The van der Waals surface area contributed by atoms with Gasteiger partial charge in [-0.2, -0.15) is 10.2 Å². The van der Waals surface area contributed by atoms with Crippen LogP contribution in [0.3, 0.4) is 0 Å². The van der Waals surface area contributed by atoms with E-state index in [0.29, 0.717) is 0 Å². The van der Waals surface area contributed by atoms with Gasteiger partial charge < -0.3 is 9.47 Å². The van der Waals surface area contributed by atoms with Crippen LogP contribution in [-0.4, -0.2) is 51.0 Å². The van der Waals surface area contributed by atoms with Gasteiger partial charge in [0.05, 0.1) is 46.9 Å². The number of benzene rings is 4. The van der Waals surface area contributed by atoms with Crippen LogP contribution in [0.2, 0.25) is 0 Å². The van der Waals surface area contributed by atoms with Crippen molar-refractivity contribution in [3.8, 4) is 11.5 Å². The number of nitrogens with one attached hydrogen (secondary N) is 2. The first-order chi connectivity index (χ1) is 22.8. The lowest BCUT2D eigenvalue weighted by Crippen LogP contribution is -2.24.